The van der Waals surface area contributed by atoms with Gasteiger partial charge in [0.1, 0.15) is 13.2 Å². The van der Waals surface area contributed by atoms with Crippen molar-refractivity contribution in [1.29, 1.82) is 0 Å². The van der Waals surface area contributed by atoms with Crippen LogP contribution < -0.4 is 0 Å². The Morgan fingerprint density at radius 3 is 1.21 bits per heavy atom. The zero-order chi connectivity index (χ0) is 35.2. The average Bonchev–Trinajstić information content (AvgIpc) is 3.08. The van der Waals surface area contributed by atoms with Crippen LogP contribution in [0.4, 0.5) is 0 Å². The Kier molecular flexibility index (Phi) is 36.0. The Hall–Kier alpha value is -2.11. The summed E-state index contributed by atoms with van der Waals surface area (Å²) in [5.74, 6) is -0.899. The summed E-state index contributed by atoms with van der Waals surface area (Å²) in [6, 6.07) is 0. The third-order valence-corrected chi connectivity index (χ3v) is 8.71. The summed E-state index contributed by atoms with van der Waals surface area (Å²) in [6.45, 7) is 6.50. The quantitative estimate of drug-likeness (QED) is 0.0284. The molecule has 0 bridgehead atoms. The van der Waals surface area contributed by atoms with Gasteiger partial charge in [0.2, 0.25) is 0 Å². The van der Waals surface area contributed by atoms with Crippen LogP contribution in [0.1, 0.15) is 207 Å². The lowest BCUT2D eigenvalue weighted by molar-refractivity contribution is -0.167. The van der Waals surface area contributed by atoms with Crippen molar-refractivity contribution in [2.24, 2.45) is 0 Å². The Labute approximate surface area is 296 Å². The molecule has 0 amide bonds. The Bertz CT molecular complexity index is 789. The first-order chi connectivity index (χ1) is 23.5. The van der Waals surface area contributed by atoms with Crippen LogP contribution in [0.25, 0.3) is 0 Å². The molecule has 0 aromatic rings. The standard InChI is InChI=1S/C42H76O6/c1-4-7-10-13-16-18-19-20-21-22-24-26-29-32-35-41(44)47-38-39(37-46-40(43)34-31-28-25-15-12-9-6-3)48-42(45)36-33-30-27-23-17-14-11-8-5-2/h13,16,19-20,39H,4-12,14-15,17-18,21-38H2,1-3H3/b16-13-,20-19-. The molecule has 0 N–H and O–H groups in total. The van der Waals surface area contributed by atoms with E-state index in [9.17, 15) is 14.4 Å². The van der Waals surface area contributed by atoms with Gasteiger partial charge in [-0.15, -0.1) is 0 Å². The molecule has 0 aliphatic rings. The SMILES string of the molecule is CCCC/C=C\C/C=C\CCCCCCCC(=O)OCC(COC(=O)CCCCCCCCC)OC(=O)CCCCCCCCCCC. The topological polar surface area (TPSA) is 78.9 Å². The van der Waals surface area contributed by atoms with Crippen LogP contribution in [0.15, 0.2) is 24.3 Å². The fourth-order valence-corrected chi connectivity index (χ4v) is 5.57. The van der Waals surface area contributed by atoms with Crippen LogP contribution in [-0.2, 0) is 28.6 Å². The predicted molar refractivity (Wildman–Crippen MR) is 201 cm³/mol. The van der Waals surface area contributed by atoms with Crippen molar-refractivity contribution in [2.75, 3.05) is 13.2 Å². The lowest BCUT2D eigenvalue weighted by atomic mass is 10.1. The van der Waals surface area contributed by atoms with E-state index in [0.717, 1.165) is 77.0 Å². The van der Waals surface area contributed by atoms with Crippen LogP contribution in [0, 0.1) is 0 Å². The number of carbonyl (C=O) groups excluding carboxylic acids is 3. The summed E-state index contributed by atoms with van der Waals surface area (Å²) in [5, 5.41) is 0. The molecule has 0 aromatic heterocycles. The number of hydrogen-bond acceptors (Lipinski definition) is 6. The zero-order valence-electron chi connectivity index (χ0n) is 31.8. The van der Waals surface area contributed by atoms with Gasteiger partial charge >= 0.3 is 17.9 Å². The molecule has 0 saturated heterocycles. The molecule has 0 saturated carbocycles. The summed E-state index contributed by atoms with van der Waals surface area (Å²) in [4.78, 5) is 37.4. The number of rotatable bonds is 36. The summed E-state index contributed by atoms with van der Waals surface area (Å²) >= 11 is 0. The first-order valence-electron chi connectivity index (χ1n) is 20.3. The van der Waals surface area contributed by atoms with Gasteiger partial charge in [-0.2, -0.15) is 0 Å². The van der Waals surface area contributed by atoms with Crippen LogP contribution >= 0.6 is 0 Å². The monoisotopic (exact) mass is 677 g/mol. The minimum atomic E-state index is -0.766. The van der Waals surface area contributed by atoms with E-state index in [-0.39, 0.29) is 31.1 Å². The summed E-state index contributed by atoms with van der Waals surface area (Å²) in [6.07, 6.45) is 38.8. The summed E-state index contributed by atoms with van der Waals surface area (Å²) in [7, 11) is 0. The van der Waals surface area contributed by atoms with Crippen molar-refractivity contribution >= 4 is 17.9 Å². The molecule has 48 heavy (non-hydrogen) atoms. The molecule has 280 valence electrons. The number of esters is 3. The third-order valence-electron chi connectivity index (χ3n) is 8.71. The van der Waals surface area contributed by atoms with Gasteiger partial charge < -0.3 is 14.2 Å². The zero-order valence-corrected chi connectivity index (χ0v) is 31.8. The Balaban J connectivity index is 4.32. The van der Waals surface area contributed by atoms with Crippen molar-refractivity contribution in [1.82, 2.24) is 0 Å². The van der Waals surface area contributed by atoms with Gasteiger partial charge in [-0.3, -0.25) is 14.4 Å². The molecule has 0 radical (unpaired) electrons. The Morgan fingerprint density at radius 2 is 0.771 bits per heavy atom. The van der Waals surface area contributed by atoms with Crippen molar-refractivity contribution in [3.05, 3.63) is 24.3 Å². The number of ether oxygens (including phenoxy) is 3. The molecule has 0 spiro atoms. The average molecular weight is 677 g/mol. The first-order valence-corrected chi connectivity index (χ1v) is 20.3. The van der Waals surface area contributed by atoms with E-state index in [1.54, 1.807) is 0 Å². The molecular formula is C42H76O6. The van der Waals surface area contributed by atoms with Gasteiger partial charge in [-0.1, -0.05) is 167 Å². The maximum Gasteiger partial charge on any atom is 0.306 e. The minimum absolute atomic E-state index is 0.0737. The highest BCUT2D eigenvalue weighted by Crippen LogP contribution is 2.13. The summed E-state index contributed by atoms with van der Waals surface area (Å²) < 4.78 is 16.6. The second-order valence-corrected chi connectivity index (χ2v) is 13.6. The van der Waals surface area contributed by atoms with E-state index in [4.69, 9.17) is 14.2 Å². The fourth-order valence-electron chi connectivity index (χ4n) is 5.57. The van der Waals surface area contributed by atoms with Crippen LogP contribution in [0.5, 0.6) is 0 Å². The maximum atomic E-state index is 12.6. The molecule has 0 aliphatic heterocycles. The third kappa shape index (κ3) is 35.2. The first kappa shape index (κ1) is 45.9. The predicted octanol–water partition coefficient (Wildman–Crippen LogP) is 12.5. The van der Waals surface area contributed by atoms with Gasteiger partial charge in [-0.25, -0.2) is 0 Å². The number of hydrogen-bond donors (Lipinski definition) is 0. The molecule has 6 heteroatoms. The van der Waals surface area contributed by atoms with Crippen molar-refractivity contribution in [3.63, 3.8) is 0 Å². The van der Waals surface area contributed by atoms with Gasteiger partial charge in [0.05, 0.1) is 0 Å². The molecule has 1 atom stereocenters. The van der Waals surface area contributed by atoms with Crippen molar-refractivity contribution < 1.29 is 28.6 Å². The van der Waals surface area contributed by atoms with E-state index in [1.165, 1.54) is 89.9 Å². The smallest absolute Gasteiger partial charge is 0.306 e. The van der Waals surface area contributed by atoms with E-state index >= 15 is 0 Å². The Morgan fingerprint density at radius 1 is 0.417 bits per heavy atom. The van der Waals surface area contributed by atoms with Crippen molar-refractivity contribution in [2.45, 2.75) is 213 Å². The van der Waals surface area contributed by atoms with Gasteiger partial charge in [0.25, 0.3) is 0 Å². The molecule has 1 unspecified atom stereocenters. The summed E-state index contributed by atoms with van der Waals surface area (Å²) in [5.41, 5.74) is 0. The van der Waals surface area contributed by atoms with Gasteiger partial charge in [-0.05, 0) is 44.9 Å². The number of carbonyl (C=O) groups is 3. The van der Waals surface area contributed by atoms with Crippen LogP contribution in [-0.4, -0.2) is 37.2 Å². The van der Waals surface area contributed by atoms with Crippen LogP contribution in [0.2, 0.25) is 0 Å². The van der Waals surface area contributed by atoms with Gasteiger partial charge in [0, 0.05) is 19.3 Å². The molecule has 6 nitrogen and oxygen atoms in total. The molecule has 0 aliphatic carbocycles. The lowest BCUT2D eigenvalue weighted by Crippen LogP contribution is -2.30. The highest BCUT2D eigenvalue weighted by Gasteiger charge is 2.19. The van der Waals surface area contributed by atoms with E-state index in [0.29, 0.717) is 19.3 Å². The van der Waals surface area contributed by atoms with E-state index in [1.807, 2.05) is 0 Å². The highest BCUT2D eigenvalue weighted by atomic mass is 16.6. The van der Waals surface area contributed by atoms with Crippen molar-refractivity contribution in [3.8, 4) is 0 Å². The van der Waals surface area contributed by atoms with Crippen LogP contribution in [0.3, 0.4) is 0 Å². The molecule has 0 fully saturated rings. The van der Waals surface area contributed by atoms with Gasteiger partial charge in [0.15, 0.2) is 6.10 Å². The second-order valence-electron chi connectivity index (χ2n) is 13.6. The normalized spacial score (nSPS) is 12.1. The fraction of sp³-hybridized carbons (Fsp3) is 0.833. The lowest BCUT2D eigenvalue weighted by Gasteiger charge is -2.18. The number of allylic oxidation sites excluding steroid dienone is 4. The largest absolute Gasteiger partial charge is 0.462 e. The van der Waals surface area contributed by atoms with E-state index < -0.39 is 6.10 Å². The molecule has 0 heterocycles. The molecule has 0 rings (SSSR count). The molecular weight excluding hydrogens is 600 g/mol. The van der Waals surface area contributed by atoms with E-state index in [2.05, 4.69) is 45.1 Å². The molecule has 0 aromatic carbocycles. The second kappa shape index (κ2) is 37.7. The maximum absolute atomic E-state index is 12.6. The number of unbranched alkanes of at least 4 members (excludes halogenated alkanes) is 21. The highest BCUT2D eigenvalue weighted by molar-refractivity contribution is 5.71. The minimum Gasteiger partial charge on any atom is -0.462 e.